The van der Waals surface area contributed by atoms with Crippen molar-refractivity contribution in [3.63, 3.8) is 0 Å². The van der Waals surface area contributed by atoms with Gasteiger partial charge in [-0.1, -0.05) is 38.0 Å². The van der Waals surface area contributed by atoms with Gasteiger partial charge in [-0.3, -0.25) is 8.98 Å². The smallest absolute Gasteiger partial charge is 0.308 e. The maximum Gasteiger partial charge on any atom is 0.308 e. The summed E-state index contributed by atoms with van der Waals surface area (Å²) in [5.41, 5.74) is 0.964. The van der Waals surface area contributed by atoms with Crippen LogP contribution in [-0.2, 0) is 23.8 Å². The first-order chi connectivity index (χ1) is 10.8. The van der Waals surface area contributed by atoms with Crippen LogP contribution >= 0.6 is 0 Å². The standard InChI is InChI=1S/C17H26O5S/c1-5-13(3)11-15(12-17(18)21-6-2)22-23(19,20)16-9-7-14(4)8-10-16/h7-10,13,15H,5-6,11-12H2,1-4H3/t13-,15?/m1/s1. The van der Waals surface area contributed by atoms with E-state index in [0.29, 0.717) is 6.42 Å². The van der Waals surface area contributed by atoms with Gasteiger partial charge in [-0.2, -0.15) is 8.42 Å². The Morgan fingerprint density at radius 2 is 1.78 bits per heavy atom. The molecule has 1 aromatic carbocycles. The molecule has 0 heterocycles. The Labute approximate surface area is 139 Å². The lowest BCUT2D eigenvalue weighted by Crippen LogP contribution is -2.25. The van der Waals surface area contributed by atoms with Crippen LogP contribution in [0.4, 0.5) is 0 Å². The molecule has 6 heteroatoms. The molecular weight excluding hydrogens is 316 g/mol. The van der Waals surface area contributed by atoms with Crippen LogP contribution in [0.3, 0.4) is 0 Å². The van der Waals surface area contributed by atoms with Crippen LogP contribution in [0.1, 0.15) is 45.6 Å². The lowest BCUT2D eigenvalue weighted by atomic mass is 9.99. The molecule has 1 rings (SSSR count). The Balaban J connectivity index is 2.88. The van der Waals surface area contributed by atoms with E-state index in [9.17, 15) is 13.2 Å². The minimum atomic E-state index is -3.90. The predicted molar refractivity (Wildman–Crippen MR) is 88.6 cm³/mol. The molecule has 0 saturated heterocycles. The number of benzene rings is 1. The lowest BCUT2D eigenvalue weighted by molar-refractivity contribution is -0.145. The molecule has 0 N–H and O–H groups in total. The number of carbonyl (C=O) groups excluding carboxylic acids is 1. The van der Waals surface area contributed by atoms with E-state index in [-0.39, 0.29) is 23.8 Å². The van der Waals surface area contributed by atoms with Crippen LogP contribution < -0.4 is 0 Å². The van der Waals surface area contributed by atoms with E-state index in [4.69, 9.17) is 8.92 Å². The van der Waals surface area contributed by atoms with Gasteiger partial charge in [0.25, 0.3) is 10.1 Å². The summed E-state index contributed by atoms with van der Waals surface area (Å²) in [4.78, 5) is 11.8. The van der Waals surface area contributed by atoms with Gasteiger partial charge in [-0.15, -0.1) is 0 Å². The maximum absolute atomic E-state index is 12.4. The fourth-order valence-corrected chi connectivity index (χ4v) is 3.20. The number of aryl methyl sites for hydroxylation is 1. The average Bonchev–Trinajstić information content (AvgIpc) is 2.47. The highest BCUT2D eigenvalue weighted by molar-refractivity contribution is 7.86. The summed E-state index contributed by atoms with van der Waals surface area (Å²) in [5.74, 6) is -0.192. The van der Waals surface area contributed by atoms with Gasteiger partial charge in [0.05, 0.1) is 24.0 Å². The van der Waals surface area contributed by atoms with Crippen molar-refractivity contribution in [1.82, 2.24) is 0 Å². The van der Waals surface area contributed by atoms with Crippen LogP contribution in [0.2, 0.25) is 0 Å². The molecule has 1 aromatic rings. The zero-order valence-electron chi connectivity index (χ0n) is 14.2. The van der Waals surface area contributed by atoms with Crippen molar-refractivity contribution in [1.29, 1.82) is 0 Å². The zero-order valence-corrected chi connectivity index (χ0v) is 15.1. The molecule has 0 saturated carbocycles. The molecule has 0 radical (unpaired) electrons. The number of hydrogen-bond acceptors (Lipinski definition) is 5. The van der Waals surface area contributed by atoms with Crippen LogP contribution in [0.5, 0.6) is 0 Å². The Bertz CT molecular complexity index is 592. The van der Waals surface area contributed by atoms with Gasteiger partial charge >= 0.3 is 5.97 Å². The van der Waals surface area contributed by atoms with Crippen molar-refractivity contribution in [3.05, 3.63) is 29.8 Å². The third-order valence-corrected chi connectivity index (χ3v) is 5.01. The van der Waals surface area contributed by atoms with Gasteiger partial charge in [-0.05, 0) is 38.3 Å². The van der Waals surface area contributed by atoms with Crippen molar-refractivity contribution in [2.24, 2.45) is 5.92 Å². The molecule has 5 nitrogen and oxygen atoms in total. The molecule has 130 valence electrons. The van der Waals surface area contributed by atoms with Crippen LogP contribution in [0.15, 0.2) is 29.2 Å². The van der Waals surface area contributed by atoms with Crippen molar-refractivity contribution in [2.45, 2.75) is 58.0 Å². The van der Waals surface area contributed by atoms with Gasteiger partial charge < -0.3 is 4.74 Å². The Hall–Kier alpha value is -1.40. The van der Waals surface area contributed by atoms with Crippen molar-refractivity contribution in [2.75, 3.05) is 6.61 Å². The second-order valence-electron chi connectivity index (χ2n) is 5.74. The molecule has 0 bridgehead atoms. The summed E-state index contributed by atoms with van der Waals surface area (Å²) in [5, 5.41) is 0. The third-order valence-electron chi connectivity index (χ3n) is 3.63. The summed E-state index contributed by atoms with van der Waals surface area (Å²) in [6, 6.07) is 6.45. The van der Waals surface area contributed by atoms with Crippen molar-refractivity contribution in [3.8, 4) is 0 Å². The number of rotatable bonds is 9. The predicted octanol–water partition coefficient (Wildman–Crippen LogP) is 3.46. The van der Waals surface area contributed by atoms with Crippen molar-refractivity contribution >= 4 is 16.1 Å². The highest BCUT2D eigenvalue weighted by Crippen LogP contribution is 2.22. The normalized spacial score (nSPS) is 14.3. The van der Waals surface area contributed by atoms with E-state index in [2.05, 4.69) is 0 Å². The topological polar surface area (TPSA) is 69.7 Å². The summed E-state index contributed by atoms with van der Waals surface area (Å²) in [7, 11) is -3.90. The highest BCUT2D eigenvalue weighted by atomic mass is 32.2. The van der Waals surface area contributed by atoms with E-state index in [1.165, 1.54) is 12.1 Å². The molecule has 0 aliphatic carbocycles. The Morgan fingerprint density at radius 3 is 2.30 bits per heavy atom. The average molecular weight is 342 g/mol. The van der Waals surface area contributed by atoms with E-state index in [1.54, 1.807) is 19.1 Å². The number of ether oxygens (including phenoxy) is 1. The van der Waals surface area contributed by atoms with E-state index in [0.717, 1.165) is 12.0 Å². The summed E-state index contributed by atoms with van der Waals surface area (Å²) in [6.07, 6.45) is 0.590. The van der Waals surface area contributed by atoms with Crippen LogP contribution in [0.25, 0.3) is 0 Å². The first-order valence-corrected chi connectivity index (χ1v) is 9.34. The molecule has 0 aliphatic heterocycles. The first kappa shape index (κ1) is 19.6. The van der Waals surface area contributed by atoms with Gasteiger partial charge in [0.1, 0.15) is 0 Å². The minimum absolute atomic E-state index is 0.0662. The molecule has 0 amide bonds. The minimum Gasteiger partial charge on any atom is -0.466 e. The monoisotopic (exact) mass is 342 g/mol. The number of hydrogen-bond donors (Lipinski definition) is 0. The van der Waals surface area contributed by atoms with Gasteiger partial charge in [-0.25, -0.2) is 0 Å². The summed E-state index contributed by atoms with van der Waals surface area (Å²) >= 11 is 0. The zero-order chi connectivity index (χ0) is 17.5. The molecular formula is C17H26O5S. The lowest BCUT2D eigenvalue weighted by Gasteiger charge is -2.20. The molecule has 0 aromatic heterocycles. The summed E-state index contributed by atoms with van der Waals surface area (Å²) in [6.45, 7) is 7.87. The highest BCUT2D eigenvalue weighted by Gasteiger charge is 2.25. The second-order valence-corrected chi connectivity index (χ2v) is 7.32. The van der Waals surface area contributed by atoms with Crippen molar-refractivity contribution < 1.29 is 22.1 Å². The van der Waals surface area contributed by atoms with Crippen LogP contribution in [0, 0.1) is 12.8 Å². The fraction of sp³-hybridized carbons (Fsp3) is 0.588. The van der Waals surface area contributed by atoms with Gasteiger partial charge in [0, 0.05) is 0 Å². The fourth-order valence-electron chi connectivity index (χ4n) is 2.12. The maximum atomic E-state index is 12.4. The molecule has 0 spiro atoms. The molecule has 0 aliphatic rings. The quantitative estimate of drug-likeness (QED) is 0.508. The largest absolute Gasteiger partial charge is 0.466 e. The van der Waals surface area contributed by atoms with Crippen LogP contribution in [-0.4, -0.2) is 27.1 Å². The second kappa shape index (κ2) is 9.03. The van der Waals surface area contributed by atoms with E-state index in [1.807, 2.05) is 20.8 Å². The van der Waals surface area contributed by atoms with Gasteiger partial charge in [0.2, 0.25) is 0 Å². The summed E-state index contributed by atoms with van der Waals surface area (Å²) < 4.78 is 35.0. The Morgan fingerprint density at radius 1 is 1.17 bits per heavy atom. The van der Waals surface area contributed by atoms with E-state index < -0.39 is 22.2 Å². The Kier molecular flexibility index (Phi) is 7.72. The van der Waals surface area contributed by atoms with E-state index >= 15 is 0 Å². The molecule has 1 unspecified atom stereocenters. The first-order valence-electron chi connectivity index (χ1n) is 7.94. The number of carbonyl (C=O) groups is 1. The molecule has 2 atom stereocenters. The number of esters is 1. The SMILES string of the molecule is CCOC(=O)CC(C[C@H](C)CC)OS(=O)(=O)c1ccc(C)cc1. The molecule has 0 fully saturated rings. The van der Waals surface area contributed by atoms with Gasteiger partial charge in [0.15, 0.2) is 0 Å². The third kappa shape index (κ3) is 6.71. The molecule has 23 heavy (non-hydrogen) atoms.